The Kier molecular flexibility index (Phi) is 6.00. The Bertz CT molecular complexity index is 1240. The molecule has 31 heavy (non-hydrogen) atoms. The fourth-order valence-corrected chi connectivity index (χ4v) is 3.73. The summed E-state index contributed by atoms with van der Waals surface area (Å²) in [6.45, 7) is 0. The first-order chi connectivity index (χ1) is 15.1. The van der Waals surface area contributed by atoms with Gasteiger partial charge in [-0.1, -0.05) is 12.1 Å². The summed E-state index contributed by atoms with van der Waals surface area (Å²) in [5, 5.41) is 6.31. The maximum Gasteiger partial charge on any atom is 0.257 e. The smallest absolute Gasteiger partial charge is 0.257 e. The van der Waals surface area contributed by atoms with Crippen molar-refractivity contribution in [2.45, 2.75) is 0 Å². The highest BCUT2D eigenvalue weighted by Crippen LogP contribution is 2.28. The second-order valence-electron chi connectivity index (χ2n) is 6.45. The van der Waals surface area contributed by atoms with Crippen LogP contribution in [0.4, 0.5) is 11.4 Å². The first kappa shape index (κ1) is 20.2. The first-order valence-corrected chi connectivity index (χ1v) is 10.2. The fraction of sp³-hybridized carbons (Fsp3) is 0.0435. The minimum absolute atomic E-state index is 0.298. The molecule has 154 valence electrons. The molecule has 2 heterocycles. The molecule has 0 radical (unpaired) electrons. The Balaban J connectivity index is 1.43. The molecule has 0 unspecified atom stereocenters. The van der Waals surface area contributed by atoms with Crippen molar-refractivity contribution >= 4 is 50.8 Å². The zero-order valence-corrected chi connectivity index (χ0v) is 17.3. The van der Waals surface area contributed by atoms with E-state index in [1.807, 2.05) is 24.3 Å². The number of carbonyl (C=O) groups excluding carboxylic acids is 2. The summed E-state index contributed by atoms with van der Waals surface area (Å²) in [5.74, 6) is -0.180. The van der Waals surface area contributed by atoms with Crippen molar-refractivity contribution in [2.75, 3.05) is 17.7 Å². The van der Waals surface area contributed by atoms with Crippen LogP contribution in [-0.2, 0) is 4.79 Å². The predicted octanol–water partition coefficient (Wildman–Crippen LogP) is 4.60. The van der Waals surface area contributed by atoms with Gasteiger partial charge in [-0.15, -0.1) is 11.3 Å². The van der Waals surface area contributed by atoms with Gasteiger partial charge in [-0.2, -0.15) is 0 Å². The number of nitrogens with zero attached hydrogens (tertiary/aromatic N) is 2. The molecule has 0 aliphatic heterocycles. The van der Waals surface area contributed by atoms with Crippen LogP contribution >= 0.6 is 11.3 Å². The zero-order valence-electron chi connectivity index (χ0n) is 16.5. The van der Waals surface area contributed by atoms with Gasteiger partial charge in [0.2, 0.25) is 5.91 Å². The molecule has 2 N–H and O–H groups in total. The molecule has 0 atom stereocenters. The molecular weight excluding hydrogens is 412 g/mol. The molecule has 8 heteroatoms. The molecule has 2 aromatic carbocycles. The molecule has 4 rings (SSSR count). The monoisotopic (exact) mass is 430 g/mol. The Morgan fingerprint density at radius 2 is 1.94 bits per heavy atom. The molecule has 0 saturated heterocycles. The summed E-state index contributed by atoms with van der Waals surface area (Å²) < 4.78 is 6.43. The molecule has 0 fully saturated rings. The summed E-state index contributed by atoms with van der Waals surface area (Å²) >= 11 is 1.51. The van der Waals surface area contributed by atoms with Crippen molar-refractivity contribution in [3.8, 4) is 5.75 Å². The van der Waals surface area contributed by atoms with E-state index in [9.17, 15) is 9.59 Å². The van der Waals surface area contributed by atoms with Crippen LogP contribution in [0, 0.1) is 0 Å². The van der Waals surface area contributed by atoms with Crippen molar-refractivity contribution in [2.24, 2.45) is 0 Å². The van der Waals surface area contributed by atoms with E-state index in [1.165, 1.54) is 30.7 Å². The number of methoxy groups -OCH3 is 1. The molecule has 7 nitrogen and oxygen atoms in total. The number of aromatic nitrogens is 2. The number of benzene rings is 2. The van der Waals surface area contributed by atoms with E-state index in [0.717, 1.165) is 15.2 Å². The van der Waals surface area contributed by atoms with E-state index in [2.05, 4.69) is 20.6 Å². The third-order valence-electron chi connectivity index (χ3n) is 4.33. The van der Waals surface area contributed by atoms with Crippen molar-refractivity contribution in [1.82, 2.24) is 9.97 Å². The van der Waals surface area contributed by atoms with E-state index in [1.54, 1.807) is 42.6 Å². The van der Waals surface area contributed by atoms with E-state index < -0.39 is 0 Å². The van der Waals surface area contributed by atoms with E-state index in [4.69, 9.17) is 4.74 Å². The number of hydrogen-bond donors (Lipinski definition) is 2. The van der Waals surface area contributed by atoms with Crippen molar-refractivity contribution in [1.29, 1.82) is 0 Å². The molecule has 0 spiro atoms. The number of thiazole rings is 1. The number of carbonyl (C=O) groups is 2. The lowest BCUT2D eigenvalue weighted by atomic mass is 10.2. The van der Waals surface area contributed by atoms with Gasteiger partial charge in [0, 0.05) is 30.2 Å². The Hall–Kier alpha value is -4.04. The number of anilines is 2. The SMILES string of the molecule is COc1cc(NC(=O)/C=C/c2nc3ccccc3s2)ccc1NC(=O)c1cccnc1. The summed E-state index contributed by atoms with van der Waals surface area (Å²) in [4.78, 5) is 33.1. The van der Waals surface area contributed by atoms with Gasteiger partial charge in [-0.05, 0) is 42.5 Å². The van der Waals surface area contributed by atoms with Crippen LogP contribution in [0.1, 0.15) is 15.4 Å². The second kappa shape index (κ2) is 9.19. The van der Waals surface area contributed by atoms with Gasteiger partial charge in [0.25, 0.3) is 5.91 Å². The topological polar surface area (TPSA) is 93.2 Å². The molecule has 4 aromatic rings. The first-order valence-electron chi connectivity index (χ1n) is 9.36. The Labute approximate surface area is 182 Å². The Morgan fingerprint density at radius 3 is 2.71 bits per heavy atom. The number of pyridine rings is 1. The van der Waals surface area contributed by atoms with E-state index in [-0.39, 0.29) is 11.8 Å². The average molecular weight is 430 g/mol. The van der Waals surface area contributed by atoms with Crippen LogP contribution < -0.4 is 15.4 Å². The summed E-state index contributed by atoms with van der Waals surface area (Å²) in [6.07, 6.45) is 6.19. The third kappa shape index (κ3) is 4.93. The van der Waals surface area contributed by atoms with E-state index in [0.29, 0.717) is 22.7 Å². The van der Waals surface area contributed by atoms with Gasteiger partial charge >= 0.3 is 0 Å². The maximum absolute atomic E-state index is 12.3. The standard InChI is InChI=1S/C23H18N4O3S/c1-30-19-13-16(8-9-17(19)27-23(29)15-5-4-12-24-14-15)25-21(28)10-11-22-26-18-6-2-3-7-20(18)31-22/h2-14H,1H3,(H,25,28)(H,27,29)/b11-10+. The zero-order chi connectivity index (χ0) is 21.6. The number of rotatable bonds is 6. The minimum Gasteiger partial charge on any atom is -0.494 e. The van der Waals surface area contributed by atoms with Crippen LogP contribution in [0.3, 0.4) is 0 Å². The molecule has 2 amide bonds. The van der Waals surface area contributed by atoms with Crippen LogP contribution in [-0.4, -0.2) is 28.9 Å². The third-order valence-corrected chi connectivity index (χ3v) is 5.33. The quantitative estimate of drug-likeness (QED) is 0.436. The van der Waals surface area contributed by atoms with Crippen molar-refractivity contribution in [3.63, 3.8) is 0 Å². The van der Waals surface area contributed by atoms with E-state index >= 15 is 0 Å². The highest BCUT2D eigenvalue weighted by Gasteiger charge is 2.11. The summed E-state index contributed by atoms with van der Waals surface area (Å²) in [7, 11) is 1.49. The summed E-state index contributed by atoms with van der Waals surface area (Å²) in [5.41, 5.74) is 2.36. The molecule has 2 aromatic heterocycles. The van der Waals surface area contributed by atoms with Gasteiger partial charge in [0.05, 0.1) is 28.6 Å². The Morgan fingerprint density at radius 1 is 1.06 bits per heavy atom. The van der Waals surface area contributed by atoms with Crippen LogP contribution in [0.5, 0.6) is 5.75 Å². The number of fused-ring (bicyclic) bond motifs is 1. The maximum atomic E-state index is 12.3. The number of nitrogens with one attached hydrogen (secondary N) is 2. The van der Waals surface area contributed by atoms with Crippen LogP contribution in [0.2, 0.25) is 0 Å². The fourth-order valence-electron chi connectivity index (χ4n) is 2.86. The molecular formula is C23H18N4O3S. The number of hydrogen-bond acceptors (Lipinski definition) is 6. The van der Waals surface area contributed by atoms with Crippen LogP contribution in [0.15, 0.2) is 73.1 Å². The number of amides is 2. The summed E-state index contributed by atoms with van der Waals surface area (Å²) in [6, 6.07) is 16.2. The highest BCUT2D eigenvalue weighted by molar-refractivity contribution is 7.19. The van der Waals surface area contributed by atoms with Crippen molar-refractivity contribution < 1.29 is 14.3 Å². The van der Waals surface area contributed by atoms with Gasteiger partial charge in [-0.3, -0.25) is 14.6 Å². The van der Waals surface area contributed by atoms with Crippen molar-refractivity contribution in [3.05, 3.63) is 83.6 Å². The van der Waals surface area contributed by atoms with Gasteiger partial charge in [-0.25, -0.2) is 4.98 Å². The molecule has 0 bridgehead atoms. The van der Waals surface area contributed by atoms with Crippen LogP contribution in [0.25, 0.3) is 16.3 Å². The highest BCUT2D eigenvalue weighted by atomic mass is 32.1. The predicted molar refractivity (Wildman–Crippen MR) is 122 cm³/mol. The lowest BCUT2D eigenvalue weighted by Crippen LogP contribution is -2.13. The normalized spacial score (nSPS) is 10.9. The van der Waals surface area contributed by atoms with Gasteiger partial charge in [0.1, 0.15) is 10.8 Å². The van der Waals surface area contributed by atoms with Gasteiger partial charge < -0.3 is 15.4 Å². The average Bonchev–Trinajstić information content (AvgIpc) is 3.22. The second-order valence-corrected chi connectivity index (χ2v) is 7.52. The lowest BCUT2D eigenvalue weighted by molar-refractivity contribution is -0.111. The lowest BCUT2D eigenvalue weighted by Gasteiger charge is -2.12. The molecule has 0 aliphatic rings. The minimum atomic E-state index is -0.304. The number of para-hydroxylation sites is 1. The molecule has 0 saturated carbocycles. The molecule has 0 aliphatic carbocycles. The largest absolute Gasteiger partial charge is 0.494 e. The number of ether oxygens (including phenoxy) is 1. The van der Waals surface area contributed by atoms with Gasteiger partial charge in [0.15, 0.2) is 0 Å².